The van der Waals surface area contributed by atoms with Crippen molar-refractivity contribution >= 4 is 5.97 Å². The number of hydrogen-bond donors (Lipinski definition) is 1. The van der Waals surface area contributed by atoms with E-state index in [-0.39, 0.29) is 17.7 Å². The molecule has 0 aliphatic rings. The van der Waals surface area contributed by atoms with Crippen molar-refractivity contribution in [2.24, 2.45) is 0 Å². The van der Waals surface area contributed by atoms with Gasteiger partial charge in [-0.25, -0.2) is 4.79 Å². The van der Waals surface area contributed by atoms with E-state index in [1.54, 1.807) is 0 Å². The molecule has 1 aromatic rings. The number of carbonyl (C=O) groups excluding carboxylic acids is 1. The van der Waals surface area contributed by atoms with Crippen molar-refractivity contribution < 1.29 is 27.8 Å². The van der Waals surface area contributed by atoms with Gasteiger partial charge < -0.3 is 9.84 Å². The summed E-state index contributed by atoms with van der Waals surface area (Å²) < 4.78 is 42.4. The van der Waals surface area contributed by atoms with E-state index < -0.39 is 29.9 Å². The minimum atomic E-state index is -4.66. The Balaban J connectivity index is 3.48. The molecule has 0 atom stereocenters. The predicted octanol–water partition coefficient (Wildman–Crippen LogP) is 2.25. The third kappa shape index (κ3) is 3.23. The van der Waals surface area contributed by atoms with E-state index in [9.17, 15) is 18.0 Å². The fraction of sp³-hybridized carbons (Fsp3) is 0.333. The summed E-state index contributed by atoms with van der Waals surface area (Å²) in [5.74, 6) is -0.933. The largest absolute Gasteiger partial charge is 0.462 e. The van der Waals surface area contributed by atoms with Crippen LogP contribution in [0, 0.1) is 11.3 Å². The second kappa shape index (κ2) is 5.71. The molecule has 0 spiro atoms. The first-order valence-corrected chi connectivity index (χ1v) is 5.27. The normalized spacial score (nSPS) is 10.9. The van der Waals surface area contributed by atoms with Gasteiger partial charge in [-0.05, 0) is 24.6 Å². The summed E-state index contributed by atoms with van der Waals surface area (Å²) in [5, 5.41) is 17.9. The molecule has 1 rings (SSSR count). The zero-order chi connectivity index (χ0) is 14.6. The molecular weight excluding hydrogens is 263 g/mol. The third-order valence-electron chi connectivity index (χ3n) is 2.32. The lowest BCUT2D eigenvalue weighted by molar-refractivity contribution is -0.137. The van der Waals surface area contributed by atoms with E-state index in [0.29, 0.717) is 12.1 Å². The van der Waals surface area contributed by atoms with Crippen LogP contribution >= 0.6 is 0 Å². The highest BCUT2D eigenvalue weighted by Crippen LogP contribution is 2.32. The van der Waals surface area contributed by atoms with Crippen LogP contribution in [0.5, 0.6) is 0 Å². The average Bonchev–Trinajstić information content (AvgIpc) is 2.36. The number of rotatable bonds is 3. The molecule has 0 aliphatic heterocycles. The van der Waals surface area contributed by atoms with E-state index >= 15 is 0 Å². The van der Waals surface area contributed by atoms with Crippen LogP contribution in [0.2, 0.25) is 0 Å². The molecule has 0 saturated carbocycles. The summed E-state index contributed by atoms with van der Waals surface area (Å²) in [6.45, 7) is 0.731. The van der Waals surface area contributed by atoms with Crippen molar-refractivity contribution in [2.75, 3.05) is 6.61 Å². The minimum absolute atomic E-state index is 0.00952. The molecule has 0 fully saturated rings. The Kier molecular flexibility index (Phi) is 4.51. The molecule has 1 aromatic carbocycles. The lowest BCUT2D eigenvalue weighted by Crippen LogP contribution is -2.14. The Morgan fingerprint density at radius 2 is 2.11 bits per heavy atom. The van der Waals surface area contributed by atoms with Gasteiger partial charge >= 0.3 is 12.1 Å². The van der Waals surface area contributed by atoms with E-state index in [2.05, 4.69) is 4.74 Å². The van der Waals surface area contributed by atoms with Crippen molar-refractivity contribution in [3.05, 3.63) is 34.4 Å². The number of carbonyl (C=O) groups is 1. The Hall–Kier alpha value is -2.07. The highest BCUT2D eigenvalue weighted by Gasteiger charge is 2.33. The van der Waals surface area contributed by atoms with Gasteiger partial charge in [0.05, 0.1) is 29.9 Å². The van der Waals surface area contributed by atoms with Gasteiger partial charge in [-0.15, -0.1) is 0 Å². The molecule has 0 amide bonds. The summed E-state index contributed by atoms with van der Waals surface area (Å²) in [5.41, 5.74) is -2.19. The van der Waals surface area contributed by atoms with Gasteiger partial charge in [0.2, 0.25) is 0 Å². The van der Waals surface area contributed by atoms with Crippen LogP contribution in [-0.2, 0) is 17.5 Å². The second-order valence-corrected chi connectivity index (χ2v) is 3.55. The monoisotopic (exact) mass is 273 g/mol. The Labute approximate surface area is 107 Å². The first-order chi connectivity index (χ1) is 8.85. The zero-order valence-corrected chi connectivity index (χ0v) is 9.91. The Morgan fingerprint density at radius 1 is 1.47 bits per heavy atom. The fourth-order valence-corrected chi connectivity index (χ4v) is 1.52. The number of halogens is 3. The number of aliphatic hydroxyl groups is 1. The molecule has 0 bridgehead atoms. The summed E-state index contributed by atoms with van der Waals surface area (Å²) in [7, 11) is 0. The number of esters is 1. The quantitative estimate of drug-likeness (QED) is 0.857. The molecule has 0 aromatic heterocycles. The maximum absolute atomic E-state index is 12.6. The van der Waals surface area contributed by atoms with Crippen LogP contribution in [0.25, 0.3) is 0 Å². The van der Waals surface area contributed by atoms with Gasteiger partial charge in [0.1, 0.15) is 6.07 Å². The predicted molar refractivity (Wildman–Crippen MR) is 58.0 cm³/mol. The smallest absolute Gasteiger partial charge is 0.416 e. The van der Waals surface area contributed by atoms with E-state index in [0.717, 1.165) is 0 Å². The van der Waals surface area contributed by atoms with Crippen LogP contribution in [0.1, 0.15) is 34.0 Å². The van der Waals surface area contributed by atoms with Gasteiger partial charge in [-0.3, -0.25) is 0 Å². The molecule has 0 aliphatic carbocycles. The van der Waals surface area contributed by atoms with E-state index in [1.165, 1.54) is 13.0 Å². The molecule has 0 radical (unpaired) electrons. The molecular formula is C12H10F3NO3. The Bertz CT molecular complexity index is 532. The van der Waals surface area contributed by atoms with Gasteiger partial charge in [-0.2, -0.15) is 18.4 Å². The number of nitriles is 1. The Morgan fingerprint density at radius 3 is 2.53 bits per heavy atom. The maximum atomic E-state index is 12.6. The topological polar surface area (TPSA) is 70.3 Å². The van der Waals surface area contributed by atoms with Crippen LogP contribution in [0.3, 0.4) is 0 Å². The van der Waals surface area contributed by atoms with Crippen molar-refractivity contribution in [1.82, 2.24) is 0 Å². The van der Waals surface area contributed by atoms with Crippen LogP contribution in [-0.4, -0.2) is 17.7 Å². The van der Waals surface area contributed by atoms with Gasteiger partial charge in [0.15, 0.2) is 0 Å². The summed E-state index contributed by atoms with van der Waals surface area (Å²) >= 11 is 0. The third-order valence-corrected chi connectivity index (χ3v) is 2.32. The number of nitrogens with zero attached hydrogens (tertiary/aromatic N) is 1. The number of benzene rings is 1. The van der Waals surface area contributed by atoms with Gasteiger partial charge in [0, 0.05) is 0 Å². The van der Waals surface area contributed by atoms with Crippen molar-refractivity contribution in [1.29, 1.82) is 5.26 Å². The van der Waals surface area contributed by atoms with Crippen molar-refractivity contribution in [3.8, 4) is 6.07 Å². The van der Waals surface area contributed by atoms with E-state index in [4.69, 9.17) is 10.4 Å². The van der Waals surface area contributed by atoms with Crippen molar-refractivity contribution in [3.63, 3.8) is 0 Å². The number of aliphatic hydroxyl groups excluding tert-OH is 1. The fourth-order valence-electron chi connectivity index (χ4n) is 1.52. The summed E-state index contributed by atoms with van der Waals surface area (Å²) in [4.78, 5) is 11.6. The van der Waals surface area contributed by atoms with Crippen molar-refractivity contribution in [2.45, 2.75) is 19.7 Å². The SMILES string of the molecule is CCOC(=O)c1c(C#N)cc(C(F)(F)F)cc1CO. The van der Waals surface area contributed by atoms with Gasteiger partial charge in [-0.1, -0.05) is 0 Å². The first-order valence-electron chi connectivity index (χ1n) is 5.27. The highest BCUT2D eigenvalue weighted by atomic mass is 19.4. The highest BCUT2D eigenvalue weighted by molar-refractivity contribution is 5.94. The summed E-state index contributed by atoms with van der Waals surface area (Å²) in [6, 6.07) is 2.70. The zero-order valence-electron chi connectivity index (χ0n) is 9.91. The molecule has 19 heavy (non-hydrogen) atoms. The maximum Gasteiger partial charge on any atom is 0.416 e. The lowest BCUT2D eigenvalue weighted by Gasteiger charge is -2.13. The van der Waals surface area contributed by atoms with Gasteiger partial charge in [0.25, 0.3) is 0 Å². The average molecular weight is 273 g/mol. The van der Waals surface area contributed by atoms with Crippen LogP contribution in [0.15, 0.2) is 12.1 Å². The molecule has 7 heteroatoms. The molecule has 102 valence electrons. The number of alkyl halides is 3. The second-order valence-electron chi connectivity index (χ2n) is 3.55. The molecule has 0 unspecified atom stereocenters. The summed E-state index contributed by atoms with van der Waals surface area (Å²) in [6.07, 6.45) is -4.66. The molecule has 0 saturated heterocycles. The molecule has 1 N–H and O–H groups in total. The first kappa shape index (κ1) is 15.0. The lowest BCUT2D eigenvalue weighted by atomic mass is 9.98. The molecule has 0 heterocycles. The molecule has 4 nitrogen and oxygen atoms in total. The van der Waals surface area contributed by atoms with Crippen LogP contribution < -0.4 is 0 Å². The minimum Gasteiger partial charge on any atom is -0.462 e. The number of ether oxygens (including phenoxy) is 1. The standard InChI is InChI=1S/C12H10F3NO3/c1-2-19-11(18)10-7(5-16)3-9(12(13,14)15)4-8(10)6-17/h3-4,17H,2,6H2,1H3. The number of hydrogen-bond acceptors (Lipinski definition) is 4. The van der Waals surface area contributed by atoms with E-state index in [1.807, 2.05) is 0 Å². The van der Waals surface area contributed by atoms with Crippen LogP contribution in [0.4, 0.5) is 13.2 Å².